The number of nitrogens with zero attached hydrogens (tertiary/aromatic N) is 3. The molecule has 1 aliphatic rings. The summed E-state index contributed by atoms with van der Waals surface area (Å²) >= 11 is 6.01. The van der Waals surface area contributed by atoms with Gasteiger partial charge in [0.1, 0.15) is 5.82 Å². The molecule has 7 heteroatoms. The van der Waals surface area contributed by atoms with Gasteiger partial charge in [-0.25, -0.2) is 4.39 Å². The number of aliphatic imine (C=N–C) groups is 1. The van der Waals surface area contributed by atoms with E-state index in [2.05, 4.69) is 22.4 Å². The molecule has 4 aromatic rings. The van der Waals surface area contributed by atoms with Gasteiger partial charge >= 0.3 is 0 Å². The van der Waals surface area contributed by atoms with Crippen LogP contribution in [0.5, 0.6) is 0 Å². The maximum atomic E-state index is 13.7. The van der Waals surface area contributed by atoms with E-state index < -0.39 is 5.82 Å². The molecule has 5 nitrogen and oxygen atoms in total. The molecule has 0 saturated heterocycles. The van der Waals surface area contributed by atoms with Gasteiger partial charge in [-0.2, -0.15) is 0 Å². The molecule has 0 aliphatic carbocycles. The Labute approximate surface area is 208 Å². The number of benzene rings is 2. The molecule has 0 bridgehead atoms. The van der Waals surface area contributed by atoms with E-state index in [0.717, 1.165) is 44.8 Å². The summed E-state index contributed by atoms with van der Waals surface area (Å²) < 4.78 is 15.3. The maximum absolute atomic E-state index is 13.7. The van der Waals surface area contributed by atoms with Gasteiger partial charge in [-0.05, 0) is 72.6 Å². The van der Waals surface area contributed by atoms with Crippen molar-refractivity contribution in [3.8, 4) is 11.1 Å². The number of aryl methyl sites for hydroxylation is 1. The summed E-state index contributed by atoms with van der Waals surface area (Å²) in [7, 11) is 1.81. The highest BCUT2D eigenvalue weighted by molar-refractivity contribution is 6.30. The number of hydrogen-bond acceptors (Lipinski definition) is 4. The number of rotatable bonds is 6. The van der Waals surface area contributed by atoms with Crippen molar-refractivity contribution in [3.63, 3.8) is 0 Å². The van der Waals surface area contributed by atoms with Crippen LogP contribution in [0.25, 0.3) is 11.1 Å². The summed E-state index contributed by atoms with van der Waals surface area (Å²) in [5.41, 5.74) is 7.54. The van der Waals surface area contributed by atoms with E-state index in [-0.39, 0.29) is 16.6 Å². The van der Waals surface area contributed by atoms with Crippen LogP contribution in [0.2, 0.25) is 5.02 Å². The molecule has 2 aromatic carbocycles. The average Bonchev–Trinajstić information content (AvgIpc) is 3.28. The molecule has 5 rings (SSSR count). The summed E-state index contributed by atoms with van der Waals surface area (Å²) in [5, 5.41) is 3.15. The van der Waals surface area contributed by atoms with Gasteiger partial charge in [0.2, 0.25) is 0 Å². The van der Waals surface area contributed by atoms with Crippen molar-refractivity contribution in [1.29, 1.82) is 0 Å². The van der Waals surface area contributed by atoms with E-state index in [1.807, 2.05) is 38.2 Å². The molecule has 0 saturated carbocycles. The first-order valence-electron chi connectivity index (χ1n) is 11.4. The Morgan fingerprint density at radius 2 is 1.89 bits per heavy atom. The van der Waals surface area contributed by atoms with Crippen LogP contribution < -0.4 is 10.9 Å². The molecule has 0 fully saturated rings. The van der Waals surface area contributed by atoms with Crippen molar-refractivity contribution in [3.05, 3.63) is 122 Å². The van der Waals surface area contributed by atoms with Gasteiger partial charge < -0.3 is 9.88 Å². The minimum absolute atomic E-state index is 0.0354. The second-order valence-electron chi connectivity index (χ2n) is 8.63. The van der Waals surface area contributed by atoms with Crippen molar-refractivity contribution in [1.82, 2.24) is 14.9 Å². The predicted octanol–water partition coefficient (Wildman–Crippen LogP) is 5.17. The Kier molecular flexibility index (Phi) is 6.32. The molecule has 1 aliphatic heterocycles. The van der Waals surface area contributed by atoms with Gasteiger partial charge in [-0.15, -0.1) is 0 Å². The minimum atomic E-state index is -0.484. The number of aromatic nitrogens is 2. The SMILES string of the molecule is CNCC(c1ccc(F)c(Cl)c1)n1ccc(-c2ccc3c(c2)C(c2ccnc(C)c2)=NC3)cc1=O. The quantitative estimate of drug-likeness (QED) is 0.409. The van der Waals surface area contributed by atoms with Gasteiger partial charge in [0, 0.05) is 41.8 Å². The Hall–Kier alpha value is -3.61. The van der Waals surface area contributed by atoms with Crippen molar-refractivity contribution >= 4 is 17.3 Å². The van der Waals surface area contributed by atoms with E-state index in [4.69, 9.17) is 16.6 Å². The second-order valence-corrected chi connectivity index (χ2v) is 9.04. The lowest BCUT2D eigenvalue weighted by molar-refractivity contribution is 0.533. The highest BCUT2D eigenvalue weighted by Gasteiger charge is 2.20. The van der Waals surface area contributed by atoms with Crippen LogP contribution in [0.1, 0.15) is 34.0 Å². The molecular weight excluding hydrogens is 463 g/mol. The Morgan fingerprint density at radius 1 is 1.06 bits per heavy atom. The monoisotopic (exact) mass is 486 g/mol. The molecule has 3 heterocycles. The van der Waals surface area contributed by atoms with Gasteiger partial charge in [-0.3, -0.25) is 14.8 Å². The lowest BCUT2D eigenvalue weighted by atomic mass is 9.95. The highest BCUT2D eigenvalue weighted by Crippen LogP contribution is 2.29. The van der Waals surface area contributed by atoms with Crippen LogP contribution in [-0.4, -0.2) is 28.9 Å². The number of nitrogens with one attached hydrogen (secondary N) is 1. The fourth-order valence-corrected chi connectivity index (χ4v) is 4.71. The molecular formula is C28H24ClFN4O. The number of pyridine rings is 2. The topological polar surface area (TPSA) is 59.3 Å². The van der Waals surface area contributed by atoms with E-state index in [9.17, 15) is 9.18 Å². The summed E-state index contributed by atoms with van der Waals surface area (Å²) in [6.45, 7) is 3.09. The zero-order valence-corrected chi connectivity index (χ0v) is 20.2. The number of hydrogen-bond donors (Lipinski definition) is 1. The fraction of sp³-hybridized carbons (Fsp3) is 0.179. The predicted molar refractivity (Wildman–Crippen MR) is 138 cm³/mol. The van der Waals surface area contributed by atoms with Crippen LogP contribution in [0.4, 0.5) is 4.39 Å². The lowest BCUT2D eigenvalue weighted by Crippen LogP contribution is -2.31. The molecule has 0 amide bonds. The molecule has 1 N–H and O–H groups in total. The zero-order valence-electron chi connectivity index (χ0n) is 19.4. The first kappa shape index (κ1) is 23.1. The summed E-state index contributed by atoms with van der Waals surface area (Å²) in [6.07, 6.45) is 3.58. The van der Waals surface area contributed by atoms with E-state index in [1.54, 1.807) is 35.2 Å². The first-order chi connectivity index (χ1) is 16.9. The van der Waals surface area contributed by atoms with Crippen LogP contribution >= 0.6 is 11.6 Å². The molecule has 35 heavy (non-hydrogen) atoms. The van der Waals surface area contributed by atoms with Crippen molar-refractivity contribution in [2.75, 3.05) is 13.6 Å². The molecule has 1 atom stereocenters. The normalized spacial score (nSPS) is 13.4. The van der Waals surface area contributed by atoms with Crippen LogP contribution in [-0.2, 0) is 6.54 Å². The summed E-state index contributed by atoms with van der Waals surface area (Å²) in [4.78, 5) is 22.2. The van der Waals surface area contributed by atoms with Crippen LogP contribution in [0.15, 0.2) is 82.8 Å². The minimum Gasteiger partial charge on any atom is -0.317 e. The van der Waals surface area contributed by atoms with E-state index in [0.29, 0.717) is 13.1 Å². The summed E-state index contributed by atoms with van der Waals surface area (Å²) in [6, 6.07) is 18.0. The Morgan fingerprint density at radius 3 is 2.63 bits per heavy atom. The molecule has 0 spiro atoms. The molecule has 2 aromatic heterocycles. The summed E-state index contributed by atoms with van der Waals surface area (Å²) in [5.74, 6) is -0.484. The third kappa shape index (κ3) is 4.55. The van der Waals surface area contributed by atoms with Crippen LogP contribution in [0, 0.1) is 12.7 Å². The average molecular weight is 487 g/mol. The fourth-order valence-electron chi connectivity index (χ4n) is 4.52. The van der Waals surface area contributed by atoms with Gasteiger partial charge in [0.25, 0.3) is 5.56 Å². The third-order valence-electron chi connectivity index (χ3n) is 6.29. The first-order valence-corrected chi connectivity index (χ1v) is 11.8. The Balaban J connectivity index is 1.50. The van der Waals surface area contributed by atoms with Crippen molar-refractivity contribution in [2.45, 2.75) is 19.5 Å². The highest BCUT2D eigenvalue weighted by atomic mass is 35.5. The maximum Gasteiger partial charge on any atom is 0.251 e. The van der Waals surface area contributed by atoms with Gasteiger partial charge in [-0.1, -0.05) is 29.8 Å². The van der Waals surface area contributed by atoms with E-state index in [1.165, 1.54) is 6.07 Å². The van der Waals surface area contributed by atoms with E-state index >= 15 is 0 Å². The molecule has 0 radical (unpaired) electrons. The molecule has 176 valence electrons. The van der Waals surface area contributed by atoms with Crippen molar-refractivity contribution < 1.29 is 4.39 Å². The van der Waals surface area contributed by atoms with Crippen LogP contribution in [0.3, 0.4) is 0 Å². The van der Waals surface area contributed by atoms with Gasteiger partial charge in [0.15, 0.2) is 0 Å². The number of likely N-dealkylation sites (N-methyl/N-ethyl adjacent to an activating group) is 1. The molecule has 1 unspecified atom stereocenters. The zero-order chi connectivity index (χ0) is 24.5. The van der Waals surface area contributed by atoms with Crippen molar-refractivity contribution in [2.24, 2.45) is 4.99 Å². The lowest BCUT2D eigenvalue weighted by Gasteiger charge is -2.21. The van der Waals surface area contributed by atoms with Gasteiger partial charge in [0.05, 0.1) is 23.3 Å². The number of fused-ring (bicyclic) bond motifs is 1. The standard InChI is InChI=1S/C28H24ClFN4O/c1-17-11-21(7-9-32-17)28-23-12-18(3-4-22(23)15-33-28)19-8-10-34(27(35)14-19)26(16-31-2)20-5-6-25(30)24(29)13-20/h3-14,26,31H,15-16H2,1-2H3. The second kappa shape index (κ2) is 9.56. The number of halogens is 2. The third-order valence-corrected chi connectivity index (χ3v) is 6.58. The Bertz CT molecular complexity index is 1510. The largest absolute Gasteiger partial charge is 0.317 e. The smallest absolute Gasteiger partial charge is 0.251 e.